The number of aromatic nitrogens is 1. The first-order chi connectivity index (χ1) is 9.42. The van der Waals surface area contributed by atoms with Crippen molar-refractivity contribution in [3.63, 3.8) is 0 Å². The van der Waals surface area contributed by atoms with Gasteiger partial charge < -0.3 is 10.1 Å². The van der Waals surface area contributed by atoms with Crippen molar-refractivity contribution in [3.8, 4) is 0 Å². The first-order valence-electron chi connectivity index (χ1n) is 7.12. The Morgan fingerprint density at radius 2 is 2.26 bits per heavy atom. The standard InChI is InChI=1S/C15H18N2OS/c1-2-11(10-5-8-18-14(10)3-1)17-13-4-7-16-12-6-9-19-15(12)13/h4,6-7,9-11,14H,1-3,5,8H2,(H,16,17). The lowest BCUT2D eigenvalue weighted by atomic mass is 9.81. The van der Waals surface area contributed by atoms with Gasteiger partial charge in [0.2, 0.25) is 0 Å². The molecule has 0 aromatic carbocycles. The monoisotopic (exact) mass is 274 g/mol. The molecule has 0 spiro atoms. The van der Waals surface area contributed by atoms with Gasteiger partial charge in [0.15, 0.2) is 0 Å². The summed E-state index contributed by atoms with van der Waals surface area (Å²) in [7, 11) is 0. The van der Waals surface area contributed by atoms with Gasteiger partial charge in [-0.15, -0.1) is 11.3 Å². The Hall–Kier alpha value is -1.13. The van der Waals surface area contributed by atoms with Gasteiger partial charge in [-0.05, 0) is 43.2 Å². The SMILES string of the molecule is c1cc(NC2CCCC3OCCC23)c2sccc2n1. The van der Waals surface area contributed by atoms with Crippen molar-refractivity contribution in [1.29, 1.82) is 0 Å². The number of pyridine rings is 1. The van der Waals surface area contributed by atoms with Crippen molar-refractivity contribution in [3.05, 3.63) is 23.7 Å². The summed E-state index contributed by atoms with van der Waals surface area (Å²) in [6.07, 6.45) is 7.39. The summed E-state index contributed by atoms with van der Waals surface area (Å²) in [6.45, 7) is 0.943. The molecular formula is C15H18N2OS. The second-order valence-corrected chi connectivity index (χ2v) is 6.45. The third kappa shape index (κ3) is 2.03. The van der Waals surface area contributed by atoms with E-state index in [-0.39, 0.29) is 0 Å². The van der Waals surface area contributed by atoms with Crippen LogP contribution in [-0.2, 0) is 4.74 Å². The van der Waals surface area contributed by atoms with E-state index in [0.717, 1.165) is 12.1 Å². The van der Waals surface area contributed by atoms with Gasteiger partial charge >= 0.3 is 0 Å². The van der Waals surface area contributed by atoms with Crippen LogP contribution < -0.4 is 5.32 Å². The number of ether oxygens (including phenoxy) is 1. The molecule has 0 radical (unpaired) electrons. The van der Waals surface area contributed by atoms with E-state index in [4.69, 9.17) is 4.74 Å². The second kappa shape index (κ2) is 4.76. The molecule has 3 atom stereocenters. The fraction of sp³-hybridized carbons (Fsp3) is 0.533. The van der Waals surface area contributed by atoms with Crippen LogP contribution in [0.5, 0.6) is 0 Å². The molecule has 100 valence electrons. The van der Waals surface area contributed by atoms with E-state index in [1.165, 1.54) is 36.1 Å². The van der Waals surface area contributed by atoms with Gasteiger partial charge in [-0.1, -0.05) is 0 Å². The van der Waals surface area contributed by atoms with Crippen LogP contribution in [0.3, 0.4) is 0 Å². The summed E-state index contributed by atoms with van der Waals surface area (Å²) in [4.78, 5) is 4.41. The molecule has 1 aliphatic carbocycles. The minimum atomic E-state index is 0.493. The molecule has 2 aromatic heterocycles. The molecule has 1 aliphatic heterocycles. The zero-order chi connectivity index (χ0) is 12.7. The molecular weight excluding hydrogens is 256 g/mol. The number of rotatable bonds is 2. The van der Waals surface area contributed by atoms with Crippen molar-refractivity contribution >= 4 is 27.2 Å². The molecule has 1 saturated heterocycles. The molecule has 2 fully saturated rings. The number of fused-ring (bicyclic) bond motifs is 2. The summed E-state index contributed by atoms with van der Waals surface area (Å²) >= 11 is 1.77. The average molecular weight is 274 g/mol. The molecule has 3 nitrogen and oxygen atoms in total. The maximum Gasteiger partial charge on any atom is 0.0830 e. The maximum atomic E-state index is 5.85. The summed E-state index contributed by atoms with van der Waals surface area (Å²) in [5.41, 5.74) is 2.35. The molecule has 19 heavy (non-hydrogen) atoms. The lowest BCUT2D eigenvalue weighted by Crippen LogP contribution is -2.38. The Morgan fingerprint density at radius 3 is 3.26 bits per heavy atom. The van der Waals surface area contributed by atoms with Gasteiger partial charge in [-0.2, -0.15) is 0 Å². The van der Waals surface area contributed by atoms with Crippen molar-refractivity contribution in [2.24, 2.45) is 5.92 Å². The summed E-state index contributed by atoms with van der Waals surface area (Å²) < 4.78 is 7.13. The fourth-order valence-electron chi connectivity index (χ4n) is 3.54. The Balaban J connectivity index is 1.62. The Kier molecular flexibility index (Phi) is 2.93. The lowest BCUT2D eigenvalue weighted by molar-refractivity contribution is 0.0620. The Morgan fingerprint density at radius 1 is 1.26 bits per heavy atom. The highest BCUT2D eigenvalue weighted by Gasteiger charge is 2.37. The quantitative estimate of drug-likeness (QED) is 0.907. The number of anilines is 1. The summed E-state index contributed by atoms with van der Waals surface area (Å²) in [5.74, 6) is 0.692. The van der Waals surface area contributed by atoms with Crippen LogP contribution in [0.2, 0.25) is 0 Å². The van der Waals surface area contributed by atoms with Gasteiger partial charge in [0, 0.05) is 24.8 Å². The molecule has 2 aliphatic rings. The topological polar surface area (TPSA) is 34.1 Å². The lowest BCUT2D eigenvalue weighted by Gasteiger charge is -2.34. The van der Waals surface area contributed by atoms with E-state index in [2.05, 4.69) is 27.8 Å². The fourth-order valence-corrected chi connectivity index (χ4v) is 4.37. The number of nitrogens with one attached hydrogen (secondary N) is 1. The van der Waals surface area contributed by atoms with Crippen LogP contribution in [0.4, 0.5) is 5.69 Å². The van der Waals surface area contributed by atoms with E-state index >= 15 is 0 Å². The minimum absolute atomic E-state index is 0.493. The third-order valence-electron chi connectivity index (χ3n) is 4.47. The normalized spacial score (nSPS) is 30.4. The van der Waals surface area contributed by atoms with Gasteiger partial charge in [0.25, 0.3) is 0 Å². The third-order valence-corrected chi connectivity index (χ3v) is 5.40. The van der Waals surface area contributed by atoms with Crippen molar-refractivity contribution in [2.75, 3.05) is 11.9 Å². The molecule has 3 heterocycles. The van der Waals surface area contributed by atoms with Crippen LogP contribution in [0.1, 0.15) is 25.7 Å². The smallest absolute Gasteiger partial charge is 0.0830 e. The molecule has 2 aromatic rings. The molecule has 4 rings (SSSR count). The Bertz CT molecular complexity index is 582. The largest absolute Gasteiger partial charge is 0.381 e. The van der Waals surface area contributed by atoms with E-state index in [1.54, 1.807) is 11.3 Å². The molecule has 0 amide bonds. The first kappa shape index (κ1) is 11.7. The molecule has 4 heteroatoms. The van der Waals surface area contributed by atoms with Crippen LogP contribution in [0.15, 0.2) is 23.7 Å². The van der Waals surface area contributed by atoms with E-state index < -0.39 is 0 Å². The van der Waals surface area contributed by atoms with Crippen LogP contribution in [-0.4, -0.2) is 23.7 Å². The van der Waals surface area contributed by atoms with Crippen LogP contribution >= 0.6 is 11.3 Å². The van der Waals surface area contributed by atoms with Crippen molar-refractivity contribution < 1.29 is 4.74 Å². The zero-order valence-electron chi connectivity index (χ0n) is 10.8. The highest BCUT2D eigenvalue weighted by molar-refractivity contribution is 7.17. The molecule has 1 N–H and O–H groups in total. The first-order valence-corrected chi connectivity index (χ1v) is 8.00. The minimum Gasteiger partial charge on any atom is -0.381 e. The van der Waals surface area contributed by atoms with E-state index in [0.29, 0.717) is 18.1 Å². The summed E-state index contributed by atoms with van der Waals surface area (Å²) in [5, 5.41) is 5.89. The average Bonchev–Trinajstić information content (AvgIpc) is 3.08. The Labute approximate surface area is 117 Å². The highest BCUT2D eigenvalue weighted by Crippen LogP contribution is 2.37. The second-order valence-electron chi connectivity index (χ2n) is 5.54. The summed E-state index contributed by atoms with van der Waals surface area (Å²) in [6, 6.07) is 4.76. The van der Waals surface area contributed by atoms with Gasteiger partial charge in [0.05, 0.1) is 22.0 Å². The van der Waals surface area contributed by atoms with E-state index in [9.17, 15) is 0 Å². The number of thiophene rings is 1. The predicted molar refractivity (Wildman–Crippen MR) is 78.7 cm³/mol. The molecule has 3 unspecified atom stereocenters. The van der Waals surface area contributed by atoms with E-state index in [1.807, 2.05) is 6.20 Å². The van der Waals surface area contributed by atoms with Crippen molar-refractivity contribution in [1.82, 2.24) is 4.98 Å². The number of nitrogens with zero attached hydrogens (tertiary/aromatic N) is 1. The molecule has 1 saturated carbocycles. The van der Waals surface area contributed by atoms with Crippen LogP contribution in [0.25, 0.3) is 10.2 Å². The predicted octanol–water partition coefficient (Wildman–Crippen LogP) is 3.67. The van der Waals surface area contributed by atoms with Gasteiger partial charge in [0.1, 0.15) is 0 Å². The number of hydrogen-bond donors (Lipinski definition) is 1. The molecule has 0 bridgehead atoms. The highest BCUT2D eigenvalue weighted by atomic mass is 32.1. The maximum absolute atomic E-state index is 5.85. The number of hydrogen-bond acceptors (Lipinski definition) is 4. The van der Waals surface area contributed by atoms with Crippen LogP contribution in [0, 0.1) is 5.92 Å². The zero-order valence-corrected chi connectivity index (χ0v) is 11.7. The van der Waals surface area contributed by atoms with Gasteiger partial charge in [-0.25, -0.2) is 0 Å². The van der Waals surface area contributed by atoms with Gasteiger partial charge in [-0.3, -0.25) is 4.98 Å². The van der Waals surface area contributed by atoms with Crippen molar-refractivity contribution in [2.45, 2.75) is 37.8 Å².